The average Bonchev–Trinajstić information content (AvgIpc) is 2.46. The van der Waals surface area contributed by atoms with Gasteiger partial charge in [-0.1, -0.05) is 24.3 Å². The number of benzene rings is 1. The van der Waals surface area contributed by atoms with Crippen LogP contribution in [-0.4, -0.2) is 36.1 Å². The van der Waals surface area contributed by atoms with E-state index in [9.17, 15) is 4.79 Å². The molecule has 2 unspecified atom stereocenters. The van der Waals surface area contributed by atoms with E-state index in [1.165, 1.54) is 11.1 Å². The Bertz CT molecular complexity index is 475. The summed E-state index contributed by atoms with van der Waals surface area (Å²) in [6, 6.07) is 8.42. The van der Waals surface area contributed by atoms with Crippen LogP contribution in [0.3, 0.4) is 0 Å². The second kappa shape index (κ2) is 5.31. The summed E-state index contributed by atoms with van der Waals surface area (Å²) in [7, 11) is 0. The Morgan fingerprint density at radius 3 is 2.89 bits per heavy atom. The van der Waals surface area contributed by atoms with Crippen molar-refractivity contribution in [1.82, 2.24) is 4.90 Å². The van der Waals surface area contributed by atoms with Gasteiger partial charge < -0.3 is 15.4 Å². The maximum Gasteiger partial charge on any atom is 0.252 e. The van der Waals surface area contributed by atoms with Gasteiger partial charge in [-0.05, 0) is 30.4 Å². The van der Waals surface area contributed by atoms with Crippen LogP contribution in [0.4, 0.5) is 0 Å². The lowest BCUT2D eigenvalue weighted by Gasteiger charge is -2.34. The van der Waals surface area contributed by atoms with Gasteiger partial charge in [-0.2, -0.15) is 0 Å². The molecule has 0 radical (unpaired) electrons. The molecular formula is C15H20N2O2. The van der Waals surface area contributed by atoms with Crippen LogP contribution in [0, 0.1) is 0 Å². The molecule has 2 atom stereocenters. The van der Waals surface area contributed by atoms with Crippen LogP contribution in [-0.2, 0) is 22.5 Å². The Hall–Kier alpha value is -1.39. The van der Waals surface area contributed by atoms with Gasteiger partial charge in [-0.15, -0.1) is 0 Å². The number of rotatable bonds is 1. The number of carbonyl (C=O) groups excluding carboxylic acids is 1. The first-order valence-electron chi connectivity index (χ1n) is 6.97. The maximum absolute atomic E-state index is 12.5. The molecule has 1 aromatic rings. The third-order valence-corrected chi connectivity index (χ3v) is 4.04. The monoisotopic (exact) mass is 260 g/mol. The number of amides is 1. The van der Waals surface area contributed by atoms with Crippen LogP contribution < -0.4 is 5.73 Å². The summed E-state index contributed by atoms with van der Waals surface area (Å²) < 4.78 is 5.58. The van der Waals surface area contributed by atoms with Crippen molar-refractivity contribution in [3.8, 4) is 0 Å². The van der Waals surface area contributed by atoms with Crippen LogP contribution in [0.5, 0.6) is 0 Å². The Morgan fingerprint density at radius 2 is 2.11 bits per heavy atom. The molecule has 4 nitrogen and oxygen atoms in total. The highest BCUT2D eigenvalue weighted by Gasteiger charge is 2.31. The first kappa shape index (κ1) is 12.6. The topological polar surface area (TPSA) is 55.6 Å². The third kappa shape index (κ3) is 2.65. The van der Waals surface area contributed by atoms with Crippen LogP contribution >= 0.6 is 0 Å². The summed E-state index contributed by atoms with van der Waals surface area (Å²) in [5.74, 6) is 0.102. The third-order valence-electron chi connectivity index (χ3n) is 4.04. The van der Waals surface area contributed by atoms with Crippen molar-refractivity contribution >= 4 is 5.91 Å². The quantitative estimate of drug-likeness (QED) is 0.822. The molecule has 102 valence electrons. The Labute approximate surface area is 113 Å². The number of hydrogen-bond donors (Lipinski definition) is 1. The van der Waals surface area contributed by atoms with Crippen LogP contribution in [0.2, 0.25) is 0 Å². The molecule has 4 heteroatoms. The number of hydrogen-bond acceptors (Lipinski definition) is 3. The van der Waals surface area contributed by atoms with E-state index in [0.29, 0.717) is 19.6 Å². The number of fused-ring (bicyclic) bond motifs is 1. The summed E-state index contributed by atoms with van der Waals surface area (Å²) in [6.07, 6.45) is 2.10. The lowest BCUT2D eigenvalue weighted by atomic mass is 9.98. The molecule has 2 aliphatic rings. The molecule has 2 aliphatic heterocycles. The number of ether oxygens (including phenoxy) is 1. The van der Waals surface area contributed by atoms with E-state index in [2.05, 4.69) is 18.2 Å². The molecule has 3 rings (SSSR count). The molecule has 2 N–H and O–H groups in total. The minimum absolute atomic E-state index is 0.0970. The molecule has 0 aliphatic carbocycles. The van der Waals surface area contributed by atoms with E-state index >= 15 is 0 Å². The maximum atomic E-state index is 12.5. The van der Waals surface area contributed by atoms with E-state index in [4.69, 9.17) is 10.5 Å². The average molecular weight is 260 g/mol. The summed E-state index contributed by atoms with van der Waals surface area (Å²) >= 11 is 0. The SMILES string of the molecule is NC1CCOC(C(=O)N2CCc3ccccc3C2)C1. The highest BCUT2D eigenvalue weighted by molar-refractivity contribution is 5.81. The van der Waals surface area contributed by atoms with Gasteiger partial charge in [0, 0.05) is 25.7 Å². The van der Waals surface area contributed by atoms with Crippen LogP contribution in [0.1, 0.15) is 24.0 Å². The molecule has 1 aromatic carbocycles. The van der Waals surface area contributed by atoms with Crippen molar-refractivity contribution in [3.63, 3.8) is 0 Å². The van der Waals surface area contributed by atoms with Gasteiger partial charge in [-0.25, -0.2) is 0 Å². The van der Waals surface area contributed by atoms with E-state index < -0.39 is 0 Å². The lowest BCUT2D eigenvalue weighted by molar-refractivity contribution is -0.148. The Morgan fingerprint density at radius 1 is 1.32 bits per heavy atom. The van der Waals surface area contributed by atoms with E-state index in [-0.39, 0.29) is 18.1 Å². The fraction of sp³-hybridized carbons (Fsp3) is 0.533. The van der Waals surface area contributed by atoms with Gasteiger partial charge in [0.25, 0.3) is 5.91 Å². The van der Waals surface area contributed by atoms with Crippen molar-refractivity contribution in [1.29, 1.82) is 0 Å². The molecule has 0 bridgehead atoms. The molecule has 1 fully saturated rings. The van der Waals surface area contributed by atoms with Crippen molar-refractivity contribution in [2.75, 3.05) is 13.2 Å². The zero-order chi connectivity index (χ0) is 13.2. The Balaban J connectivity index is 1.69. The molecule has 2 heterocycles. The van der Waals surface area contributed by atoms with Gasteiger partial charge in [-0.3, -0.25) is 4.79 Å². The normalized spacial score (nSPS) is 26.9. The van der Waals surface area contributed by atoms with E-state index in [1.807, 2.05) is 11.0 Å². The lowest BCUT2D eigenvalue weighted by Crippen LogP contribution is -2.47. The Kier molecular flexibility index (Phi) is 3.53. The minimum Gasteiger partial charge on any atom is -0.368 e. The number of nitrogens with two attached hydrogens (primary N) is 1. The van der Waals surface area contributed by atoms with Crippen molar-refractivity contribution in [2.45, 2.75) is 38.0 Å². The summed E-state index contributed by atoms with van der Waals surface area (Å²) in [4.78, 5) is 14.4. The predicted octanol–water partition coefficient (Wildman–Crippen LogP) is 1.08. The summed E-state index contributed by atoms with van der Waals surface area (Å²) in [5.41, 5.74) is 8.52. The zero-order valence-corrected chi connectivity index (χ0v) is 11.0. The number of nitrogens with zero attached hydrogens (tertiary/aromatic N) is 1. The van der Waals surface area contributed by atoms with Gasteiger partial charge in [0.15, 0.2) is 0 Å². The smallest absolute Gasteiger partial charge is 0.252 e. The van der Waals surface area contributed by atoms with Gasteiger partial charge in [0.2, 0.25) is 0 Å². The van der Waals surface area contributed by atoms with Gasteiger partial charge in [0.1, 0.15) is 6.10 Å². The van der Waals surface area contributed by atoms with Crippen LogP contribution in [0.25, 0.3) is 0 Å². The van der Waals surface area contributed by atoms with Crippen LogP contribution in [0.15, 0.2) is 24.3 Å². The molecule has 1 amide bonds. The fourth-order valence-corrected chi connectivity index (χ4v) is 2.88. The zero-order valence-electron chi connectivity index (χ0n) is 11.0. The largest absolute Gasteiger partial charge is 0.368 e. The molecule has 19 heavy (non-hydrogen) atoms. The molecule has 1 saturated heterocycles. The van der Waals surface area contributed by atoms with E-state index in [0.717, 1.165) is 19.4 Å². The molecule has 0 spiro atoms. The number of carbonyl (C=O) groups is 1. The van der Waals surface area contributed by atoms with Crippen molar-refractivity contribution in [3.05, 3.63) is 35.4 Å². The fourth-order valence-electron chi connectivity index (χ4n) is 2.88. The first-order chi connectivity index (χ1) is 9.24. The molecule has 0 saturated carbocycles. The van der Waals surface area contributed by atoms with Gasteiger partial charge in [0.05, 0.1) is 0 Å². The summed E-state index contributed by atoms with van der Waals surface area (Å²) in [5, 5.41) is 0. The molecule has 0 aromatic heterocycles. The van der Waals surface area contributed by atoms with E-state index in [1.54, 1.807) is 0 Å². The summed E-state index contributed by atoms with van der Waals surface area (Å²) in [6.45, 7) is 2.08. The predicted molar refractivity (Wildman–Crippen MR) is 72.5 cm³/mol. The standard InChI is InChI=1S/C15H20N2O2/c16-13-6-8-19-14(9-13)15(18)17-7-5-11-3-1-2-4-12(11)10-17/h1-4,13-14H,5-10,16H2. The first-order valence-corrected chi connectivity index (χ1v) is 6.97. The van der Waals surface area contributed by atoms with Crippen molar-refractivity contribution in [2.24, 2.45) is 5.73 Å². The highest BCUT2D eigenvalue weighted by atomic mass is 16.5. The molecular weight excluding hydrogens is 240 g/mol. The second-order valence-electron chi connectivity index (χ2n) is 5.42. The van der Waals surface area contributed by atoms with Crippen molar-refractivity contribution < 1.29 is 9.53 Å². The second-order valence-corrected chi connectivity index (χ2v) is 5.42. The van der Waals surface area contributed by atoms with Gasteiger partial charge >= 0.3 is 0 Å². The minimum atomic E-state index is -0.339. The highest BCUT2D eigenvalue weighted by Crippen LogP contribution is 2.21.